The molecule has 0 atom stereocenters. The molecule has 0 saturated carbocycles. The largest absolute Gasteiger partial charge is 0.320 e. The van der Waals surface area contributed by atoms with Crippen LogP contribution in [0, 0.1) is 0 Å². The average Bonchev–Trinajstić information content (AvgIpc) is 2.57. The number of anilines is 2. The monoisotopic (exact) mass is 311 g/mol. The van der Waals surface area contributed by atoms with E-state index in [1.54, 1.807) is 24.3 Å². The van der Waals surface area contributed by atoms with Gasteiger partial charge in [-0.2, -0.15) is 10.1 Å². The third kappa shape index (κ3) is 3.17. The molecule has 1 N–H and O–H groups in total. The quantitative estimate of drug-likeness (QED) is 0.948. The zero-order chi connectivity index (χ0) is 15.4. The molecule has 2 aromatic carbocycles. The molecule has 0 aliphatic carbocycles. The van der Waals surface area contributed by atoms with Gasteiger partial charge in [0, 0.05) is 5.69 Å². The summed E-state index contributed by atoms with van der Waals surface area (Å²) in [6, 6.07) is 18.2. The van der Waals surface area contributed by atoms with E-state index in [1.807, 2.05) is 36.4 Å². The number of carbonyl (C=O) groups is 2. The first-order valence-electron chi connectivity index (χ1n) is 6.70. The van der Waals surface area contributed by atoms with E-state index in [0.29, 0.717) is 11.4 Å². The highest BCUT2D eigenvalue weighted by atomic mass is 32.2. The highest BCUT2D eigenvalue weighted by Gasteiger charge is 2.26. The number of hydrogen-bond acceptors (Lipinski definition) is 4. The molecule has 6 heteroatoms. The predicted octanol–water partition coefficient (Wildman–Crippen LogP) is 2.72. The van der Waals surface area contributed by atoms with E-state index in [-0.39, 0.29) is 22.6 Å². The molecule has 1 heterocycles. The smallest absolute Gasteiger partial charge is 0.282 e. The second kappa shape index (κ2) is 6.44. The van der Waals surface area contributed by atoms with E-state index >= 15 is 0 Å². The fraction of sp³-hybridized carbons (Fsp3) is 0.0625. The molecule has 1 aliphatic rings. The average molecular weight is 311 g/mol. The van der Waals surface area contributed by atoms with Gasteiger partial charge in [0.05, 0.1) is 11.4 Å². The number of hydrogen-bond donors (Lipinski definition) is 1. The Bertz CT molecular complexity index is 717. The van der Waals surface area contributed by atoms with Crippen molar-refractivity contribution in [2.45, 2.75) is 0 Å². The maximum atomic E-state index is 12.3. The molecule has 2 aromatic rings. The van der Waals surface area contributed by atoms with Crippen molar-refractivity contribution in [1.82, 2.24) is 0 Å². The van der Waals surface area contributed by atoms with E-state index in [2.05, 4.69) is 10.4 Å². The van der Waals surface area contributed by atoms with E-state index in [4.69, 9.17) is 0 Å². The van der Waals surface area contributed by atoms with Crippen LogP contribution >= 0.6 is 11.8 Å². The maximum absolute atomic E-state index is 12.3. The molecule has 1 aliphatic heterocycles. The van der Waals surface area contributed by atoms with Gasteiger partial charge in [-0.3, -0.25) is 9.59 Å². The van der Waals surface area contributed by atoms with Crippen molar-refractivity contribution in [2.75, 3.05) is 16.1 Å². The Morgan fingerprint density at radius 3 is 2.36 bits per heavy atom. The summed E-state index contributed by atoms with van der Waals surface area (Å²) < 4.78 is 0. The minimum Gasteiger partial charge on any atom is -0.320 e. The zero-order valence-corrected chi connectivity index (χ0v) is 12.4. The second-order valence-corrected chi connectivity index (χ2v) is 5.52. The summed E-state index contributed by atoms with van der Waals surface area (Å²) in [6.45, 7) is 0. The molecular weight excluding hydrogens is 298 g/mol. The number of nitrogens with one attached hydrogen (secondary N) is 1. The lowest BCUT2D eigenvalue weighted by Crippen LogP contribution is -2.36. The molecule has 0 bridgehead atoms. The number of para-hydroxylation sites is 2. The van der Waals surface area contributed by atoms with Gasteiger partial charge in [-0.05, 0) is 24.3 Å². The number of nitrogens with zero attached hydrogens (tertiary/aromatic N) is 2. The van der Waals surface area contributed by atoms with Crippen molar-refractivity contribution in [3.05, 3.63) is 60.7 Å². The summed E-state index contributed by atoms with van der Waals surface area (Å²) in [5.74, 6) is -0.271. The Hall–Kier alpha value is -2.60. The first-order chi connectivity index (χ1) is 10.7. The standard InChI is InChI=1S/C16H13N3O2S/c20-14-11-22-16(15(21)17-12-7-3-1-4-8-12)18-19(14)13-9-5-2-6-10-13/h1-10H,11H2,(H,17,21). The van der Waals surface area contributed by atoms with Crippen LogP contribution in [0.1, 0.15) is 0 Å². The van der Waals surface area contributed by atoms with Crippen LogP contribution in [0.2, 0.25) is 0 Å². The van der Waals surface area contributed by atoms with Gasteiger partial charge in [-0.15, -0.1) is 0 Å². The lowest BCUT2D eigenvalue weighted by Gasteiger charge is -2.22. The van der Waals surface area contributed by atoms with Gasteiger partial charge in [0.15, 0.2) is 5.04 Å². The van der Waals surface area contributed by atoms with Crippen molar-refractivity contribution in [3.63, 3.8) is 0 Å². The van der Waals surface area contributed by atoms with Crippen LogP contribution in [0.3, 0.4) is 0 Å². The van der Waals surface area contributed by atoms with Crippen molar-refractivity contribution in [1.29, 1.82) is 0 Å². The van der Waals surface area contributed by atoms with E-state index in [0.717, 1.165) is 11.8 Å². The minimum atomic E-state index is -0.315. The Labute approximate surface area is 132 Å². The van der Waals surface area contributed by atoms with Crippen LogP contribution in [0.4, 0.5) is 11.4 Å². The number of amides is 2. The Morgan fingerprint density at radius 1 is 1.05 bits per heavy atom. The molecule has 0 aromatic heterocycles. The molecule has 2 amide bonds. The normalized spacial score (nSPS) is 14.5. The molecule has 0 spiro atoms. The summed E-state index contributed by atoms with van der Waals surface area (Å²) in [4.78, 5) is 24.2. The third-order valence-corrected chi connectivity index (χ3v) is 3.92. The highest BCUT2D eigenvalue weighted by molar-refractivity contribution is 8.16. The lowest BCUT2D eigenvalue weighted by atomic mass is 10.3. The summed E-state index contributed by atoms with van der Waals surface area (Å²) in [7, 11) is 0. The van der Waals surface area contributed by atoms with Gasteiger partial charge in [-0.1, -0.05) is 48.2 Å². The summed E-state index contributed by atoms with van der Waals surface area (Å²) >= 11 is 1.14. The topological polar surface area (TPSA) is 61.8 Å². The van der Waals surface area contributed by atoms with Crippen molar-refractivity contribution in [3.8, 4) is 0 Å². The van der Waals surface area contributed by atoms with Crippen LogP contribution in [0.25, 0.3) is 0 Å². The molecule has 0 unspecified atom stereocenters. The van der Waals surface area contributed by atoms with Crippen LogP contribution in [-0.4, -0.2) is 22.6 Å². The van der Waals surface area contributed by atoms with Crippen LogP contribution in [0.5, 0.6) is 0 Å². The number of carbonyl (C=O) groups excluding carboxylic acids is 2. The van der Waals surface area contributed by atoms with Crippen LogP contribution < -0.4 is 10.3 Å². The predicted molar refractivity (Wildman–Crippen MR) is 88.9 cm³/mol. The fourth-order valence-electron chi connectivity index (χ4n) is 1.95. The summed E-state index contributed by atoms with van der Waals surface area (Å²) in [6.07, 6.45) is 0. The lowest BCUT2D eigenvalue weighted by molar-refractivity contribution is -0.116. The van der Waals surface area contributed by atoms with Gasteiger partial charge in [0.25, 0.3) is 11.8 Å². The van der Waals surface area contributed by atoms with Crippen LogP contribution in [-0.2, 0) is 9.59 Å². The van der Waals surface area contributed by atoms with E-state index in [1.165, 1.54) is 5.01 Å². The number of benzene rings is 2. The van der Waals surface area contributed by atoms with Crippen molar-refractivity contribution < 1.29 is 9.59 Å². The van der Waals surface area contributed by atoms with Gasteiger partial charge < -0.3 is 5.32 Å². The van der Waals surface area contributed by atoms with Gasteiger partial charge in [0.2, 0.25) is 0 Å². The molecule has 0 radical (unpaired) electrons. The van der Waals surface area contributed by atoms with E-state index in [9.17, 15) is 9.59 Å². The fourth-order valence-corrected chi connectivity index (χ4v) is 2.66. The van der Waals surface area contributed by atoms with Gasteiger partial charge in [0.1, 0.15) is 0 Å². The number of rotatable bonds is 3. The number of hydrazone groups is 1. The first-order valence-corrected chi connectivity index (χ1v) is 7.68. The molecule has 110 valence electrons. The first kappa shape index (κ1) is 14.3. The zero-order valence-electron chi connectivity index (χ0n) is 11.6. The SMILES string of the molecule is O=C(Nc1ccccc1)C1=NN(c2ccccc2)C(=O)CS1. The molecule has 5 nitrogen and oxygen atoms in total. The second-order valence-electron chi connectivity index (χ2n) is 4.56. The third-order valence-electron chi connectivity index (χ3n) is 2.99. The molecule has 3 rings (SSSR count). The summed E-state index contributed by atoms with van der Waals surface area (Å²) in [5, 5.41) is 8.50. The molecule has 22 heavy (non-hydrogen) atoms. The molecular formula is C16H13N3O2S. The molecule has 0 saturated heterocycles. The van der Waals surface area contributed by atoms with E-state index < -0.39 is 0 Å². The van der Waals surface area contributed by atoms with Gasteiger partial charge in [-0.25, -0.2) is 0 Å². The Morgan fingerprint density at radius 2 is 1.68 bits per heavy atom. The number of thioether (sulfide) groups is 1. The minimum absolute atomic E-state index is 0.146. The summed E-state index contributed by atoms with van der Waals surface area (Å²) in [5.41, 5.74) is 1.34. The Kier molecular flexibility index (Phi) is 4.20. The van der Waals surface area contributed by atoms with Gasteiger partial charge >= 0.3 is 0 Å². The van der Waals surface area contributed by atoms with Crippen molar-refractivity contribution >= 4 is 40.0 Å². The Balaban J connectivity index is 1.81. The maximum Gasteiger partial charge on any atom is 0.282 e. The van der Waals surface area contributed by atoms with Crippen LogP contribution in [0.15, 0.2) is 65.8 Å². The molecule has 0 fully saturated rings. The van der Waals surface area contributed by atoms with Crippen molar-refractivity contribution in [2.24, 2.45) is 5.10 Å². The highest BCUT2D eigenvalue weighted by Crippen LogP contribution is 2.22.